The molecular formula is C9H16N4O3S. The van der Waals surface area contributed by atoms with Crippen molar-refractivity contribution in [1.82, 2.24) is 15.1 Å². The van der Waals surface area contributed by atoms with Crippen molar-refractivity contribution in [2.24, 2.45) is 7.05 Å². The second-order valence-electron chi connectivity index (χ2n) is 4.04. The van der Waals surface area contributed by atoms with Gasteiger partial charge in [-0.25, -0.2) is 8.42 Å². The van der Waals surface area contributed by atoms with E-state index in [1.807, 2.05) is 0 Å². The highest BCUT2D eigenvalue weighted by atomic mass is 32.2. The molecule has 0 aliphatic carbocycles. The maximum Gasteiger partial charge on any atom is 0.271 e. The second kappa shape index (κ2) is 4.74. The highest BCUT2D eigenvalue weighted by Gasteiger charge is 2.18. The zero-order valence-corrected chi connectivity index (χ0v) is 10.8. The van der Waals surface area contributed by atoms with Crippen molar-refractivity contribution in [3.63, 3.8) is 0 Å². The van der Waals surface area contributed by atoms with E-state index < -0.39 is 21.8 Å². The van der Waals surface area contributed by atoms with Gasteiger partial charge in [-0.05, 0) is 6.92 Å². The van der Waals surface area contributed by atoms with Gasteiger partial charge in [0, 0.05) is 19.3 Å². The Morgan fingerprint density at radius 1 is 1.65 bits per heavy atom. The van der Waals surface area contributed by atoms with Crippen LogP contribution in [0.25, 0.3) is 0 Å². The van der Waals surface area contributed by atoms with Gasteiger partial charge >= 0.3 is 0 Å². The van der Waals surface area contributed by atoms with Crippen molar-refractivity contribution >= 4 is 21.4 Å². The maximum atomic E-state index is 11.8. The third-order valence-electron chi connectivity index (χ3n) is 2.11. The van der Waals surface area contributed by atoms with Gasteiger partial charge in [0.05, 0.1) is 17.6 Å². The van der Waals surface area contributed by atoms with E-state index in [4.69, 9.17) is 5.73 Å². The molecule has 96 valence electrons. The van der Waals surface area contributed by atoms with Crippen LogP contribution in [0.15, 0.2) is 6.20 Å². The number of sulfone groups is 1. The minimum atomic E-state index is -3.13. The fourth-order valence-electron chi connectivity index (χ4n) is 1.52. The van der Waals surface area contributed by atoms with Crippen LogP contribution in [0, 0.1) is 0 Å². The van der Waals surface area contributed by atoms with Gasteiger partial charge in [0.15, 0.2) is 0 Å². The number of aromatic nitrogens is 2. The van der Waals surface area contributed by atoms with E-state index in [2.05, 4.69) is 10.4 Å². The standard InChI is InChI=1S/C9H16N4O3S/c1-6(5-17(3,15)16)12-9(14)8-7(10)4-11-13(8)2/h4,6H,5,10H2,1-3H3,(H,12,14). The number of hydrogen-bond donors (Lipinski definition) is 2. The molecule has 0 fully saturated rings. The zero-order valence-electron chi connectivity index (χ0n) is 9.97. The Bertz CT molecular complexity index is 501. The number of nitrogens with zero attached hydrogens (tertiary/aromatic N) is 2. The third kappa shape index (κ3) is 3.74. The van der Waals surface area contributed by atoms with Gasteiger partial charge in [0.2, 0.25) is 0 Å². The molecule has 0 aromatic carbocycles. The molecule has 1 unspecified atom stereocenters. The van der Waals surface area contributed by atoms with Crippen molar-refractivity contribution in [2.75, 3.05) is 17.7 Å². The molecule has 0 radical (unpaired) electrons. The lowest BCUT2D eigenvalue weighted by molar-refractivity contribution is 0.0935. The molecule has 17 heavy (non-hydrogen) atoms. The lowest BCUT2D eigenvalue weighted by Crippen LogP contribution is -2.38. The lowest BCUT2D eigenvalue weighted by Gasteiger charge is -2.13. The summed E-state index contributed by atoms with van der Waals surface area (Å²) in [5.74, 6) is -0.546. The van der Waals surface area contributed by atoms with E-state index in [0.29, 0.717) is 0 Å². The summed E-state index contributed by atoms with van der Waals surface area (Å²) in [6, 6.07) is -0.480. The first-order valence-corrected chi connectivity index (χ1v) is 7.03. The van der Waals surface area contributed by atoms with Crippen molar-refractivity contribution < 1.29 is 13.2 Å². The summed E-state index contributed by atoms with van der Waals surface area (Å²) in [5.41, 5.74) is 6.07. The quantitative estimate of drug-likeness (QED) is 0.734. The number of nitrogen functional groups attached to an aromatic ring is 1. The number of amides is 1. The molecule has 0 aliphatic heterocycles. The molecule has 1 amide bonds. The predicted molar refractivity (Wildman–Crippen MR) is 64.3 cm³/mol. The van der Waals surface area contributed by atoms with E-state index >= 15 is 0 Å². The van der Waals surface area contributed by atoms with E-state index in [-0.39, 0.29) is 17.1 Å². The number of carbonyl (C=O) groups is 1. The molecule has 1 atom stereocenters. The number of carbonyl (C=O) groups excluding carboxylic acids is 1. The molecule has 0 spiro atoms. The van der Waals surface area contributed by atoms with Gasteiger partial charge in [-0.15, -0.1) is 0 Å². The molecule has 7 nitrogen and oxygen atoms in total. The highest BCUT2D eigenvalue weighted by Crippen LogP contribution is 2.09. The van der Waals surface area contributed by atoms with Gasteiger partial charge in [0.1, 0.15) is 15.5 Å². The number of aryl methyl sites for hydroxylation is 1. The summed E-state index contributed by atoms with van der Waals surface area (Å²) in [6.07, 6.45) is 2.49. The lowest BCUT2D eigenvalue weighted by atomic mass is 10.3. The Kier molecular flexibility index (Phi) is 3.76. The zero-order chi connectivity index (χ0) is 13.2. The number of hydrogen-bond acceptors (Lipinski definition) is 5. The van der Waals surface area contributed by atoms with Crippen LogP contribution in [-0.2, 0) is 16.9 Å². The van der Waals surface area contributed by atoms with Crippen LogP contribution in [0.3, 0.4) is 0 Å². The van der Waals surface area contributed by atoms with Crippen molar-refractivity contribution in [2.45, 2.75) is 13.0 Å². The number of nitrogens with one attached hydrogen (secondary N) is 1. The molecular weight excluding hydrogens is 244 g/mol. The highest BCUT2D eigenvalue weighted by molar-refractivity contribution is 7.90. The van der Waals surface area contributed by atoms with Crippen LogP contribution >= 0.6 is 0 Å². The van der Waals surface area contributed by atoms with Gasteiger partial charge in [0.25, 0.3) is 5.91 Å². The first-order valence-electron chi connectivity index (χ1n) is 4.97. The van der Waals surface area contributed by atoms with Gasteiger partial charge in [-0.1, -0.05) is 0 Å². The second-order valence-corrected chi connectivity index (χ2v) is 6.22. The molecule has 0 saturated carbocycles. The molecule has 3 N–H and O–H groups in total. The van der Waals surface area contributed by atoms with E-state index in [9.17, 15) is 13.2 Å². The monoisotopic (exact) mass is 260 g/mol. The average molecular weight is 260 g/mol. The smallest absolute Gasteiger partial charge is 0.271 e. The predicted octanol–water partition coefficient (Wildman–Crippen LogP) is -0.835. The van der Waals surface area contributed by atoms with E-state index in [1.165, 1.54) is 10.9 Å². The van der Waals surface area contributed by atoms with Crippen LogP contribution in [0.1, 0.15) is 17.4 Å². The number of nitrogens with two attached hydrogens (primary N) is 1. The van der Waals surface area contributed by atoms with E-state index in [1.54, 1.807) is 14.0 Å². The normalized spacial score (nSPS) is 13.4. The molecule has 8 heteroatoms. The summed E-state index contributed by atoms with van der Waals surface area (Å²) in [6.45, 7) is 1.62. The number of anilines is 1. The van der Waals surface area contributed by atoms with Crippen LogP contribution in [-0.4, -0.2) is 42.2 Å². The largest absolute Gasteiger partial charge is 0.396 e. The fraction of sp³-hybridized carbons (Fsp3) is 0.556. The van der Waals surface area contributed by atoms with Crippen LogP contribution in [0.4, 0.5) is 5.69 Å². The minimum absolute atomic E-state index is 0.115. The Hall–Kier alpha value is -1.57. The minimum Gasteiger partial charge on any atom is -0.396 e. The average Bonchev–Trinajstić information content (AvgIpc) is 2.42. The Labute approximate surface area is 99.9 Å². The summed E-state index contributed by atoms with van der Waals surface area (Å²) >= 11 is 0. The van der Waals surface area contributed by atoms with Crippen molar-refractivity contribution in [3.05, 3.63) is 11.9 Å². The molecule has 1 aromatic rings. The summed E-state index contributed by atoms with van der Waals surface area (Å²) < 4.78 is 23.4. The first kappa shape index (κ1) is 13.5. The molecule has 1 heterocycles. The summed E-state index contributed by atoms with van der Waals surface area (Å²) in [5, 5.41) is 6.39. The Morgan fingerprint density at radius 2 is 2.24 bits per heavy atom. The first-order chi connectivity index (χ1) is 7.70. The van der Waals surface area contributed by atoms with Crippen molar-refractivity contribution in [1.29, 1.82) is 0 Å². The summed E-state index contributed by atoms with van der Waals surface area (Å²) in [7, 11) is -1.54. The van der Waals surface area contributed by atoms with Crippen LogP contribution in [0.2, 0.25) is 0 Å². The Morgan fingerprint density at radius 3 is 2.65 bits per heavy atom. The molecule has 1 rings (SSSR count). The van der Waals surface area contributed by atoms with Gasteiger partial charge < -0.3 is 11.1 Å². The van der Waals surface area contributed by atoms with Crippen molar-refractivity contribution in [3.8, 4) is 0 Å². The van der Waals surface area contributed by atoms with E-state index in [0.717, 1.165) is 6.26 Å². The molecule has 0 bridgehead atoms. The molecule has 0 saturated heterocycles. The summed E-state index contributed by atoms with van der Waals surface area (Å²) in [4.78, 5) is 11.8. The Balaban J connectivity index is 2.74. The molecule has 0 aliphatic rings. The van der Waals surface area contributed by atoms with Crippen LogP contribution in [0.5, 0.6) is 0 Å². The van der Waals surface area contributed by atoms with Crippen LogP contribution < -0.4 is 11.1 Å². The van der Waals surface area contributed by atoms with Gasteiger partial charge in [-0.3, -0.25) is 9.48 Å². The SMILES string of the molecule is CC(CS(C)(=O)=O)NC(=O)c1c(N)cnn1C. The maximum absolute atomic E-state index is 11.8. The molecule has 1 aromatic heterocycles. The third-order valence-corrected chi connectivity index (χ3v) is 3.22. The fourth-order valence-corrected chi connectivity index (χ4v) is 2.51. The topological polar surface area (TPSA) is 107 Å². The number of rotatable bonds is 4. The van der Waals surface area contributed by atoms with Gasteiger partial charge in [-0.2, -0.15) is 5.10 Å².